The molecule has 2 amide bonds. The van der Waals surface area contributed by atoms with E-state index in [1.54, 1.807) is 0 Å². The van der Waals surface area contributed by atoms with Crippen LogP contribution in [-0.2, 0) is 6.42 Å². The lowest BCUT2D eigenvalue weighted by Gasteiger charge is -2.32. The third-order valence-electron chi connectivity index (χ3n) is 4.37. The van der Waals surface area contributed by atoms with E-state index in [0.29, 0.717) is 5.92 Å². The molecule has 1 fully saturated rings. The van der Waals surface area contributed by atoms with E-state index in [0.717, 1.165) is 56.0 Å². The minimum Gasteiger partial charge on any atom is -0.338 e. The molecule has 1 aromatic rings. The topological polar surface area (TPSA) is 61.0 Å². The first kappa shape index (κ1) is 17.2. The Morgan fingerprint density at radius 2 is 2.32 bits per heavy atom. The molecule has 1 aromatic heterocycles. The highest BCUT2D eigenvalue weighted by Crippen LogP contribution is 2.19. The van der Waals surface area contributed by atoms with Crippen molar-refractivity contribution in [1.29, 1.82) is 0 Å². The molecule has 2 N–H and O–H groups in total. The third kappa shape index (κ3) is 4.66. The molecule has 0 bridgehead atoms. The number of carbonyl (C=O) groups excluding carboxylic acids is 1. The van der Waals surface area contributed by atoms with Crippen LogP contribution in [0, 0.1) is 19.8 Å². The van der Waals surface area contributed by atoms with Gasteiger partial charge < -0.3 is 10.2 Å². The van der Waals surface area contributed by atoms with Gasteiger partial charge in [-0.15, -0.1) is 0 Å². The van der Waals surface area contributed by atoms with Crippen molar-refractivity contribution in [2.45, 2.75) is 39.5 Å². The van der Waals surface area contributed by atoms with Crippen LogP contribution >= 0.6 is 11.8 Å². The second kappa shape index (κ2) is 8.46. The predicted molar refractivity (Wildman–Crippen MR) is 92.5 cm³/mol. The average Bonchev–Trinajstić information content (AvgIpc) is 2.83. The van der Waals surface area contributed by atoms with Crippen molar-refractivity contribution in [3.05, 3.63) is 17.0 Å². The molecule has 124 valence electrons. The van der Waals surface area contributed by atoms with Gasteiger partial charge in [0.15, 0.2) is 0 Å². The average molecular weight is 324 g/mol. The van der Waals surface area contributed by atoms with Gasteiger partial charge in [0.25, 0.3) is 0 Å². The van der Waals surface area contributed by atoms with Gasteiger partial charge in [-0.05, 0) is 63.0 Å². The number of nitrogens with zero attached hydrogens (tertiary/aromatic N) is 2. The standard InChI is InChI=1S/C16H28N4OS/c1-12-15(13(2)19-18-12)7-4-8-17-16(21)20-9-5-6-14(10-20)11-22-3/h14H,4-11H2,1-3H3,(H,17,21)(H,18,19). The van der Waals surface area contributed by atoms with E-state index in [-0.39, 0.29) is 6.03 Å². The zero-order chi connectivity index (χ0) is 15.9. The van der Waals surface area contributed by atoms with Crippen LogP contribution in [0.5, 0.6) is 0 Å². The molecule has 1 aliphatic rings. The summed E-state index contributed by atoms with van der Waals surface area (Å²) >= 11 is 1.88. The Balaban J connectivity index is 1.69. The Morgan fingerprint density at radius 3 is 3.00 bits per heavy atom. The molecule has 1 aliphatic heterocycles. The van der Waals surface area contributed by atoms with Gasteiger partial charge in [0, 0.05) is 25.3 Å². The van der Waals surface area contributed by atoms with Crippen molar-refractivity contribution >= 4 is 17.8 Å². The minimum atomic E-state index is 0.103. The van der Waals surface area contributed by atoms with E-state index in [2.05, 4.69) is 21.8 Å². The van der Waals surface area contributed by atoms with Gasteiger partial charge in [-0.25, -0.2) is 4.79 Å². The van der Waals surface area contributed by atoms with Gasteiger partial charge >= 0.3 is 6.03 Å². The lowest BCUT2D eigenvalue weighted by Crippen LogP contribution is -2.46. The highest BCUT2D eigenvalue weighted by Gasteiger charge is 2.22. The SMILES string of the molecule is CSCC1CCCN(C(=O)NCCCc2c(C)n[nH]c2C)C1. The fraction of sp³-hybridized carbons (Fsp3) is 0.750. The number of thioether (sulfide) groups is 1. The van der Waals surface area contributed by atoms with Crippen LogP contribution in [0.4, 0.5) is 4.79 Å². The van der Waals surface area contributed by atoms with E-state index in [9.17, 15) is 4.79 Å². The molecule has 6 heteroatoms. The summed E-state index contributed by atoms with van der Waals surface area (Å²) in [5, 5.41) is 10.3. The first-order valence-corrected chi connectivity index (χ1v) is 9.53. The summed E-state index contributed by atoms with van der Waals surface area (Å²) in [6, 6.07) is 0.103. The first-order valence-electron chi connectivity index (χ1n) is 8.14. The van der Waals surface area contributed by atoms with E-state index >= 15 is 0 Å². The van der Waals surface area contributed by atoms with Crippen molar-refractivity contribution in [3.63, 3.8) is 0 Å². The number of amides is 2. The molecule has 1 atom stereocenters. The van der Waals surface area contributed by atoms with Gasteiger partial charge in [-0.1, -0.05) is 0 Å². The van der Waals surface area contributed by atoms with E-state index in [1.807, 2.05) is 30.5 Å². The Labute approximate surface area is 137 Å². The van der Waals surface area contributed by atoms with Crippen LogP contribution in [0.3, 0.4) is 0 Å². The fourth-order valence-electron chi connectivity index (χ4n) is 3.14. The number of rotatable bonds is 6. The maximum atomic E-state index is 12.2. The number of hydrogen-bond donors (Lipinski definition) is 2. The van der Waals surface area contributed by atoms with Crippen LogP contribution in [0.15, 0.2) is 0 Å². The molecule has 0 radical (unpaired) electrons. The normalized spacial score (nSPS) is 18.5. The van der Waals surface area contributed by atoms with Crippen LogP contribution in [-0.4, -0.2) is 52.8 Å². The zero-order valence-corrected chi connectivity index (χ0v) is 14.8. The Bertz CT molecular complexity index is 467. The second-order valence-electron chi connectivity index (χ2n) is 6.16. The van der Waals surface area contributed by atoms with Gasteiger partial charge in [-0.3, -0.25) is 5.10 Å². The fourth-order valence-corrected chi connectivity index (χ4v) is 3.88. The monoisotopic (exact) mass is 324 g/mol. The third-order valence-corrected chi connectivity index (χ3v) is 5.17. The maximum Gasteiger partial charge on any atom is 0.317 e. The number of carbonyl (C=O) groups is 1. The summed E-state index contributed by atoms with van der Waals surface area (Å²) < 4.78 is 0. The van der Waals surface area contributed by atoms with Gasteiger partial charge in [0.1, 0.15) is 0 Å². The minimum absolute atomic E-state index is 0.103. The van der Waals surface area contributed by atoms with Crippen LogP contribution in [0.2, 0.25) is 0 Å². The molecule has 0 spiro atoms. The molecular formula is C16H28N4OS. The van der Waals surface area contributed by atoms with Crippen LogP contribution in [0.25, 0.3) is 0 Å². The van der Waals surface area contributed by atoms with Gasteiger partial charge in [-0.2, -0.15) is 16.9 Å². The number of aryl methyl sites for hydroxylation is 2. The maximum absolute atomic E-state index is 12.2. The molecule has 0 saturated carbocycles. The number of nitrogens with one attached hydrogen (secondary N) is 2. The summed E-state index contributed by atoms with van der Waals surface area (Å²) in [7, 11) is 0. The number of aromatic nitrogens is 2. The molecule has 22 heavy (non-hydrogen) atoms. The van der Waals surface area contributed by atoms with Crippen molar-refractivity contribution in [1.82, 2.24) is 20.4 Å². The molecular weight excluding hydrogens is 296 g/mol. The van der Waals surface area contributed by atoms with Crippen molar-refractivity contribution in [3.8, 4) is 0 Å². The molecule has 1 unspecified atom stereocenters. The Morgan fingerprint density at radius 1 is 1.50 bits per heavy atom. The molecule has 2 heterocycles. The lowest BCUT2D eigenvalue weighted by atomic mass is 10.0. The highest BCUT2D eigenvalue weighted by molar-refractivity contribution is 7.98. The molecule has 5 nitrogen and oxygen atoms in total. The Kier molecular flexibility index (Phi) is 6.61. The van der Waals surface area contributed by atoms with Gasteiger partial charge in [0.05, 0.1) is 5.69 Å². The molecule has 2 rings (SSSR count). The first-order chi connectivity index (χ1) is 10.6. The van der Waals surface area contributed by atoms with Crippen LogP contribution < -0.4 is 5.32 Å². The number of aromatic amines is 1. The quantitative estimate of drug-likeness (QED) is 0.791. The van der Waals surface area contributed by atoms with Crippen molar-refractivity contribution in [2.75, 3.05) is 31.6 Å². The van der Waals surface area contributed by atoms with E-state index in [4.69, 9.17) is 0 Å². The second-order valence-corrected chi connectivity index (χ2v) is 7.07. The molecule has 0 aliphatic carbocycles. The number of hydrogen-bond acceptors (Lipinski definition) is 3. The zero-order valence-electron chi connectivity index (χ0n) is 13.9. The Hall–Kier alpha value is -1.17. The largest absolute Gasteiger partial charge is 0.338 e. The summed E-state index contributed by atoms with van der Waals surface area (Å²) in [6.45, 7) is 6.61. The molecule has 0 aromatic carbocycles. The summed E-state index contributed by atoms with van der Waals surface area (Å²) in [5.74, 6) is 1.81. The predicted octanol–water partition coefficient (Wildman–Crippen LogP) is 2.74. The van der Waals surface area contributed by atoms with Crippen LogP contribution in [0.1, 0.15) is 36.2 Å². The number of urea groups is 1. The van der Waals surface area contributed by atoms with Crippen molar-refractivity contribution < 1.29 is 4.79 Å². The van der Waals surface area contributed by atoms with Crippen molar-refractivity contribution in [2.24, 2.45) is 5.92 Å². The highest BCUT2D eigenvalue weighted by atomic mass is 32.2. The summed E-state index contributed by atoms with van der Waals surface area (Å²) in [4.78, 5) is 14.2. The van der Waals surface area contributed by atoms with Gasteiger partial charge in [0.2, 0.25) is 0 Å². The van der Waals surface area contributed by atoms with E-state index in [1.165, 1.54) is 12.0 Å². The molecule has 1 saturated heterocycles. The smallest absolute Gasteiger partial charge is 0.317 e. The number of piperidine rings is 1. The number of H-pyrrole nitrogens is 1. The lowest BCUT2D eigenvalue weighted by molar-refractivity contribution is 0.171. The van der Waals surface area contributed by atoms with E-state index < -0.39 is 0 Å². The number of likely N-dealkylation sites (tertiary alicyclic amines) is 1. The summed E-state index contributed by atoms with van der Waals surface area (Å²) in [6.07, 6.45) is 6.44. The summed E-state index contributed by atoms with van der Waals surface area (Å²) in [5.41, 5.74) is 3.49.